The molecular formula is C20H17BrCl2N4O2S. The number of hydrogen-bond donors (Lipinski definition) is 1. The number of nitrogens with zero attached hydrogens (tertiary/aromatic N) is 3. The molecule has 1 aromatic heterocycles. The highest BCUT2D eigenvalue weighted by Crippen LogP contribution is 2.27. The Labute approximate surface area is 196 Å². The number of halogens is 3. The zero-order valence-corrected chi connectivity index (χ0v) is 19.6. The molecule has 0 atom stereocenters. The first-order valence-corrected chi connectivity index (χ1v) is 11.3. The highest BCUT2D eigenvalue weighted by Gasteiger charge is 2.15. The van der Waals surface area contributed by atoms with Crippen molar-refractivity contribution in [2.75, 3.05) is 11.1 Å². The van der Waals surface area contributed by atoms with E-state index in [4.69, 9.17) is 27.9 Å². The van der Waals surface area contributed by atoms with E-state index in [-0.39, 0.29) is 18.3 Å². The maximum absolute atomic E-state index is 12.3. The van der Waals surface area contributed by atoms with Gasteiger partial charge < -0.3 is 10.1 Å². The summed E-state index contributed by atoms with van der Waals surface area (Å²) in [5.41, 5.74) is 0.621. The second-order valence-electron chi connectivity index (χ2n) is 5.98. The Kier molecular flexibility index (Phi) is 8.21. The fourth-order valence-electron chi connectivity index (χ4n) is 2.45. The molecule has 0 radical (unpaired) electrons. The average molecular weight is 528 g/mol. The zero-order valence-electron chi connectivity index (χ0n) is 15.6. The number of carbonyl (C=O) groups excluding carboxylic acids is 1. The average Bonchev–Trinajstić information content (AvgIpc) is 3.10. The van der Waals surface area contributed by atoms with Crippen LogP contribution in [-0.4, -0.2) is 26.4 Å². The summed E-state index contributed by atoms with van der Waals surface area (Å²) >= 11 is 16.8. The number of hydrogen-bond acceptors (Lipinski definition) is 5. The van der Waals surface area contributed by atoms with E-state index in [1.807, 2.05) is 16.7 Å². The molecule has 0 fully saturated rings. The van der Waals surface area contributed by atoms with Crippen LogP contribution in [0.4, 0.5) is 5.69 Å². The van der Waals surface area contributed by atoms with E-state index in [2.05, 4.69) is 38.0 Å². The summed E-state index contributed by atoms with van der Waals surface area (Å²) in [6.45, 7) is 4.45. The first kappa shape index (κ1) is 22.7. The smallest absolute Gasteiger partial charge is 0.234 e. The predicted molar refractivity (Wildman–Crippen MR) is 125 cm³/mol. The molecule has 0 spiro atoms. The number of ether oxygens (including phenoxy) is 1. The van der Waals surface area contributed by atoms with Crippen LogP contribution >= 0.6 is 50.9 Å². The van der Waals surface area contributed by atoms with E-state index >= 15 is 0 Å². The minimum atomic E-state index is -0.180. The molecule has 0 aliphatic heterocycles. The Morgan fingerprint density at radius 2 is 2.03 bits per heavy atom. The van der Waals surface area contributed by atoms with Crippen molar-refractivity contribution in [2.24, 2.45) is 0 Å². The van der Waals surface area contributed by atoms with Crippen molar-refractivity contribution in [1.29, 1.82) is 0 Å². The fourth-order valence-corrected chi connectivity index (χ4v) is 3.83. The van der Waals surface area contributed by atoms with Gasteiger partial charge in [-0.05, 0) is 46.3 Å². The van der Waals surface area contributed by atoms with Crippen LogP contribution in [0.25, 0.3) is 0 Å². The molecule has 3 rings (SSSR count). The monoisotopic (exact) mass is 526 g/mol. The topological polar surface area (TPSA) is 69.0 Å². The SMILES string of the molecule is C=CCn1c(COc2ccccc2Cl)nnc1SCC(=O)Nc1ccc(Br)c(Cl)c1. The number of allylic oxidation sites excluding steroid dienone is 1. The predicted octanol–water partition coefficient (Wildman–Crippen LogP) is 5.84. The molecule has 0 bridgehead atoms. The molecular weight excluding hydrogens is 511 g/mol. The molecule has 0 saturated heterocycles. The molecule has 6 nitrogen and oxygen atoms in total. The van der Waals surface area contributed by atoms with Crippen LogP contribution in [0.1, 0.15) is 5.82 Å². The number of aromatic nitrogens is 3. The van der Waals surface area contributed by atoms with Gasteiger partial charge in [-0.2, -0.15) is 0 Å². The number of rotatable bonds is 9. The van der Waals surface area contributed by atoms with Crippen molar-refractivity contribution in [3.05, 3.63) is 75.5 Å². The molecule has 2 aromatic carbocycles. The van der Waals surface area contributed by atoms with Crippen molar-refractivity contribution in [3.63, 3.8) is 0 Å². The van der Waals surface area contributed by atoms with Gasteiger partial charge in [0.25, 0.3) is 0 Å². The minimum Gasteiger partial charge on any atom is -0.484 e. The highest BCUT2D eigenvalue weighted by molar-refractivity contribution is 9.10. The zero-order chi connectivity index (χ0) is 21.5. The number of carbonyl (C=O) groups is 1. The number of amides is 1. The molecule has 0 saturated carbocycles. The van der Waals surface area contributed by atoms with E-state index in [0.29, 0.717) is 39.0 Å². The van der Waals surface area contributed by atoms with Gasteiger partial charge in [0.1, 0.15) is 12.4 Å². The quantitative estimate of drug-likeness (QED) is 0.279. The third-order valence-corrected chi connectivity index (χ3v) is 6.35. The van der Waals surface area contributed by atoms with Gasteiger partial charge in [-0.1, -0.05) is 53.2 Å². The van der Waals surface area contributed by atoms with Crippen molar-refractivity contribution >= 4 is 62.5 Å². The molecule has 1 N–H and O–H groups in total. The molecule has 156 valence electrons. The van der Waals surface area contributed by atoms with Crippen LogP contribution in [0.5, 0.6) is 5.75 Å². The largest absolute Gasteiger partial charge is 0.484 e. The normalized spacial score (nSPS) is 10.6. The number of thioether (sulfide) groups is 1. The number of para-hydroxylation sites is 1. The molecule has 3 aromatic rings. The van der Waals surface area contributed by atoms with Crippen LogP contribution in [0, 0.1) is 0 Å². The lowest BCUT2D eigenvalue weighted by molar-refractivity contribution is -0.113. The molecule has 1 amide bonds. The van der Waals surface area contributed by atoms with Crippen molar-refractivity contribution in [2.45, 2.75) is 18.3 Å². The summed E-state index contributed by atoms with van der Waals surface area (Å²) in [6.07, 6.45) is 1.73. The summed E-state index contributed by atoms with van der Waals surface area (Å²) in [7, 11) is 0. The third kappa shape index (κ3) is 6.01. The van der Waals surface area contributed by atoms with Gasteiger partial charge in [0.05, 0.1) is 15.8 Å². The first-order chi connectivity index (χ1) is 14.5. The number of nitrogens with one attached hydrogen (secondary N) is 1. The molecule has 0 aliphatic rings. The second-order valence-corrected chi connectivity index (χ2v) is 8.59. The van der Waals surface area contributed by atoms with Gasteiger partial charge in [0.15, 0.2) is 11.0 Å². The Morgan fingerprint density at radius 3 is 2.77 bits per heavy atom. The Hall–Kier alpha value is -2.00. The van der Waals surface area contributed by atoms with Crippen molar-refractivity contribution in [3.8, 4) is 5.75 Å². The van der Waals surface area contributed by atoms with E-state index < -0.39 is 0 Å². The maximum atomic E-state index is 12.3. The first-order valence-electron chi connectivity index (χ1n) is 8.76. The lowest BCUT2D eigenvalue weighted by Gasteiger charge is -2.10. The van der Waals surface area contributed by atoms with Crippen molar-refractivity contribution in [1.82, 2.24) is 14.8 Å². The maximum Gasteiger partial charge on any atom is 0.234 e. The fraction of sp³-hybridized carbons (Fsp3) is 0.150. The molecule has 1 heterocycles. The van der Waals surface area contributed by atoms with Crippen molar-refractivity contribution < 1.29 is 9.53 Å². The molecule has 0 unspecified atom stereocenters. The van der Waals surface area contributed by atoms with Gasteiger partial charge >= 0.3 is 0 Å². The lowest BCUT2D eigenvalue weighted by Crippen LogP contribution is -2.15. The van der Waals surface area contributed by atoms with E-state index in [1.165, 1.54) is 11.8 Å². The summed E-state index contributed by atoms with van der Waals surface area (Å²) in [4.78, 5) is 12.3. The van der Waals surface area contributed by atoms with Crippen LogP contribution in [0.15, 0.2) is 64.7 Å². The van der Waals surface area contributed by atoms with E-state index in [0.717, 1.165) is 4.47 Å². The summed E-state index contributed by atoms with van der Waals surface area (Å²) < 4.78 is 8.36. The summed E-state index contributed by atoms with van der Waals surface area (Å²) in [6, 6.07) is 12.4. The van der Waals surface area contributed by atoms with Crippen LogP contribution in [0.3, 0.4) is 0 Å². The molecule has 30 heavy (non-hydrogen) atoms. The van der Waals surface area contributed by atoms with E-state index in [1.54, 1.807) is 36.4 Å². The Bertz CT molecular complexity index is 1060. The Morgan fingerprint density at radius 1 is 1.23 bits per heavy atom. The number of benzene rings is 2. The summed E-state index contributed by atoms with van der Waals surface area (Å²) in [5.74, 6) is 1.15. The minimum absolute atomic E-state index is 0.161. The highest BCUT2D eigenvalue weighted by atomic mass is 79.9. The molecule has 0 aliphatic carbocycles. The van der Waals surface area contributed by atoms with Crippen LogP contribution in [-0.2, 0) is 17.9 Å². The summed E-state index contributed by atoms with van der Waals surface area (Å²) in [5, 5.41) is 12.8. The van der Waals surface area contributed by atoms with Gasteiger partial charge in [0, 0.05) is 16.7 Å². The van der Waals surface area contributed by atoms with Gasteiger partial charge in [0.2, 0.25) is 5.91 Å². The lowest BCUT2D eigenvalue weighted by atomic mass is 10.3. The third-order valence-electron chi connectivity index (χ3n) is 3.83. The molecule has 10 heteroatoms. The number of anilines is 1. The van der Waals surface area contributed by atoms with Gasteiger partial charge in [-0.15, -0.1) is 16.8 Å². The second kappa shape index (κ2) is 10.9. The van der Waals surface area contributed by atoms with Crippen LogP contribution < -0.4 is 10.1 Å². The van der Waals surface area contributed by atoms with Crippen LogP contribution in [0.2, 0.25) is 10.0 Å². The standard InChI is InChI=1S/C20H17BrCl2N4O2S/c1-2-9-27-18(11-29-17-6-4-3-5-15(17)22)25-26-20(27)30-12-19(28)24-13-7-8-14(21)16(23)10-13/h2-8,10H,1,9,11-12H2,(H,24,28). The Balaban J connectivity index is 1.62. The van der Waals surface area contributed by atoms with Gasteiger partial charge in [-0.3, -0.25) is 9.36 Å². The van der Waals surface area contributed by atoms with E-state index in [9.17, 15) is 4.79 Å². The van der Waals surface area contributed by atoms with Gasteiger partial charge in [-0.25, -0.2) is 0 Å².